The van der Waals surface area contributed by atoms with Gasteiger partial charge in [0.05, 0.1) is 0 Å². The highest BCUT2D eigenvalue weighted by molar-refractivity contribution is 5.40. The fourth-order valence-corrected chi connectivity index (χ4v) is 3.12. The van der Waals surface area contributed by atoms with Crippen LogP contribution in [0.1, 0.15) is 53.4 Å². The number of hydrogen-bond donors (Lipinski definition) is 0. The maximum atomic E-state index is 2.64. The monoisotopic (exact) mass is 219 g/mol. The van der Waals surface area contributed by atoms with Crippen molar-refractivity contribution >= 4 is 0 Å². The molecule has 1 fully saturated rings. The molecule has 0 radical (unpaired) electrons. The zero-order chi connectivity index (χ0) is 11.7. The number of rotatable bonds is 1. The van der Waals surface area contributed by atoms with Crippen LogP contribution in [0, 0.1) is 5.92 Å². The second-order valence-electron chi connectivity index (χ2n) is 5.70. The topological polar surface area (TPSA) is 3.24 Å². The second kappa shape index (κ2) is 4.65. The minimum absolute atomic E-state index is 0.713. The van der Waals surface area contributed by atoms with Crippen LogP contribution in [-0.4, -0.2) is 18.0 Å². The Labute approximate surface area is 100 Å². The predicted octanol–water partition coefficient (Wildman–Crippen LogP) is 4.12. The molecule has 0 bridgehead atoms. The van der Waals surface area contributed by atoms with Crippen molar-refractivity contribution in [2.45, 2.75) is 53.4 Å². The normalized spacial score (nSPS) is 21.6. The van der Waals surface area contributed by atoms with Gasteiger partial charge in [0.15, 0.2) is 0 Å². The molecule has 16 heavy (non-hydrogen) atoms. The first-order chi connectivity index (χ1) is 7.61. The maximum Gasteiger partial charge on any atom is 0.0392 e. The lowest BCUT2D eigenvalue weighted by molar-refractivity contribution is 0.287. The lowest BCUT2D eigenvalue weighted by Gasteiger charge is -2.40. The number of fused-ring (bicyclic) bond motifs is 1. The number of piperidine rings is 1. The van der Waals surface area contributed by atoms with E-state index >= 15 is 0 Å². The van der Waals surface area contributed by atoms with Crippen LogP contribution in [0.4, 0.5) is 0 Å². The molecule has 2 aliphatic rings. The van der Waals surface area contributed by atoms with Crippen molar-refractivity contribution in [1.29, 1.82) is 0 Å². The number of allylic oxidation sites excluding steroid dienone is 3. The molecule has 90 valence electrons. The SMILES string of the molecule is CC(C)=C1CCCN2CCCC(C(C)C)=C12. The van der Waals surface area contributed by atoms with Crippen LogP contribution in [-0.2, 0) is 0 Å². The minimum Gasteiger partial charge on any atom is -0.371 e. The molecule has 0 aromatic rings. The van der Waals surface area contributed by atoms with Crippen LogP contribution in [0.15, 0.2) is 22.4 Å². The summed E-state index contributed by atoms with van der Waals surface area (Å²) in [4.78, 5) is 2.64. The average Bonchev–Trinajstić information content (AvgIpc) is 2.27. The van der Waals surface area contributed by atoms with Crippen molar-refractivity contribution in [2.75, 3.05) is 13.1 Å². The third-order valence-electron chi connectivity index (χ3n) is 3.94. The van der Waals surface area contributed by atoms with Gasteiger partial charge in [0.1, 0.15) is 0 Å². The van der Waals surface area contributed by atoms with E-state index < -0.39 is 0 Å². The molecular weight excluding hydrogens is 194 g/mol. The summed E-state index contributed by atoms with van der Waals surface area (Å²) >= 11 is 0. The van der Waals surface area contributed by atoms with E-state index in [1.807, 2.05) is 0 Å². The largest absolute Gasteiger partial charge is 0.371 e. The maximum absolute atomic E-state index is 2.64. The van der Waals surface area contributed by atoms with Crippen LogP contribution in [0.3, 0.4) is 0 Å². The molecule has 0 atom stereocenters. The van der Waals surface area contributed by atoms with Gasteiger partial charge in [-0.25, -0.2) is 0 Å². The van der Waals surface area contributed by atoms with Crippen molar-refractivity contribution < 1.29 is 0 Å². The van der Waals surface area contributed by atoms with Gasteiger partial charge in [-0.15, -0.1) is 0 Å². The van der Waals surface area contributed by atoms with Gasteiger partial charge in [0.2, 0.25) is 0 Å². The van der Waals surface area contributed by atoms with E-state index in [1.54, 1.807) is 16.8 Å². The predicted molar refractivity (Wildman–Crippen MR) is 70.3 cm³/mol. The molecule has 0 N–H and O–H groups in total. The molecule has 0 unspecified atom stereocenters. The van der Waals surface area contributed by atoms with Gasteiger partial charge in [-0.05, 0) is 56.6 Å². The molecule has 1 heteroatoms. The average molecular weight is 219 g/mol. The van der Waals surface area contributed by atoms with E-state index in [0.29, 0.717) is 5.92 Å². The first kappa shape index (κ1) is 11.8. The van der Waals surface area contributed by atoms with E-state index in [2.05, 4.69) is 32.6 Å². The Balaban J connectivity index is 2.47. The molecule has 0 aromatic carbocycles. The fourth-order valence-electron chi connectivity index (χ4n) is 3.12. The molecule has 1 saturated heterocycles. The molecule has 0 aromatic heterocycles. The highest BCUT2D eigenvalue weighted by Crippen LogP contribution is 2.38. The molecule has 1 nitrogen and oxygen atoms in total. The van der Waals surface area contributed by atoms with Crippen LogP contribution >= 0.6 is 0 Å². The van der Waals surface area contributed by atoms with Gasteiger partial charge in [0.25, 0.3) is 0 Å². The molecular formula is C15H25N. The minimum atomic E-state index is 0.713. The summed E-state index contributed by atoms with van der Waals surface area (Å²) in [5.74, 6) is 0.713. The van der Waals surface area contributed by atoms with Crippen molar-refractivity contribution in [2.24, 2.45) is 5.92 Å². The smallest absolute Gasteiger partial charge is 0.0392 e. The highest BCUT2D eigenvalue weighted by Gasteiger charge is 2.27. The zero-order valence-electron chi connectivity index (χ0n) is 11.3. The van der Waals surface area contributed by atoms with Crippen LogP contribution in [0.25, 0.3) is 0 Å². The van der Waals surface area contributed by atoms with E-state index in [1.165, 1.54) is 44.3 Å². The van der Waals surface area contributed by atoms with E-state index in [9.17, 15) is 0 Å². The van der Waals surface area contributed by atoms with Crippen LogP contribution in [0.5, 0.6) is 0 Å². The van der Waals surface area contributed by atoms with Gasteiger partial charge < -0.3 is 4.90 Å². The van der Waals surface area contributed by atoms with Gasteiger partial charge in [-0.3, -0.25) is 0 Å². The van der Waals surface area contributed by atoms with Crippen molar-refractivity contribution in [3.63, 3.8) is 0 Å². The van der Waals surface area contributed by atoms with Crippen LogP contribution < -0.4 is 0 Å². The lowest BCUT2D eigenvalue weighted by atomic mass is 9.84. The third kappa shape index (κ3) is 2.05. The Morgan fingerprint density at radius 2 is 1.69 bits per heavy atom. The van der Waals surface area contributed by atoms with Gasteiger partial charge >= 0.3 is 0 Å². The van der Waals surface area contributed by atoms with Gasteiger partial charge in [-0.2, -0.15) is 0 Å². The van der Waals surface area contributed by atoms with Gasteiger partial charge in [0, 0.05) is 18.8 Å². The quantitative estimate of drug-likeness (QED) is 0.641. The van der Waals surface area contributed by atoms with E-state index in [0.717, 1.165) is 0 Å². The molecule has 2 heterocycles. The number of nitrogens with zero attached hydrogens (tertiary/aromatic N) is 1. The molecule has 2 aliphatic heterocycles. The zero-order valence-corrected chi connectivity index (χ0v) is 11.3. The molecule has 0 saturated carbocycles. The van der Waals surface area contributed by atoms with Crippen LogP contribution in [0.2, 0.25) is 0 Å². The highest BCUT2D eigenvalue weighted by atomic mass is 15.1. The van der Waals surface area contributed by atoms with E-state index in [4.69, 9.17) is 0 Å². The molecule has 0 spiro atoms. The summed E-state index contributed by atoms with van der Waals surface area (Å²) in [5, 5.41) is 0. The summed E-state index contributed by atoms with van der Waals surface area (Å²) in [7, 11) is 0. The van der Waals surface area contributed by atoms with Gasteiger partial charge in [-0.1, -0.05) is 19.4 Å². The molecule has 2 rings (SSSR count). The lowest BCUT2D eigenvalue weighted by Crippen LogP contribution is -2.35. The second-order valence-corrected chi connectivity index (χ2v) is 5.70. The van der Waals surface area contributed by atoms with Crippen molar-refractivity contribution in [3.8, 4) is 0 Å². The van der Waals surface area contributed by atoms with Crippen molar-refractivity contribution in [3.05, 3.63) is 22.4 Å². The Kier molecular flexibility index (Phi) is 3.41. The summed E-state index contributed by atoms with van der Waals surface area (Å²) in [6.45, 7) is 11.8. The standard InChI is InChI=1S/C15H25N/c1-11(2)13-7-5-9-16-10-6-8-14(12(3)4)15(13)16/h11H,5-10H2,1-4H3. The van der Waals surface area contributed by atoms with E-state index in [-0.39, 0.29) is 0 Å². The summed E-state index contributed by atoms with van der Waals surface area (Å²) in [5.41, 5.74) is 6.52. The first-order valence-corrected chi connectivity index (χ1v) is 6.76. The summed E-state index contributed by atoms with van der Waals surface area (Å²) in [6, 6.07) is 0. The molecule has 0 amide bonds. The summed E-state index contributed by atoms with van der Waals surface area (Å²) < 4.78 is 0. The van der Waals surface area contributed by atoms with Crippen molar-refractivity contribution in [1.82, 2.24) is 4.90 Å². The Bertz CT molecular complexity index is 329. The fraction of sp³-hybridized carbons (Fsp3) is 0.733. The third-order valence-corrected chi connectivity index (χ3v) is 3.94. The Morgan fingerprint density at radius 1 is 1.06 bits per heavy atom. The number of hydrogen-bond acceptors (Lipinski definition) is 1. The first-order valence-electron chi connectivity index (χ1n) is 6.76. The summed E-state index contributed by atoms with van der Waals surface area (Å²) in [6.07, 6.45) is 5.31. The molecule has 0 aliphatic carbocycles. The Morgan fingerprint density at radius 3 is 2.25 bits per heavy atom. The Hall–Kier alpha value is -0.720.